The van der Waals surface area contributed by atoms with Crippen LogP contribution in [-0.2, 0) is 0 Å². The normalized spacial score (nSPS) is 11.8. The molecule has 2 heteroatoms. The van der Waals surface area contributed by atoms with E-state index in [9.17, 15) is 0 Å². The Hall–Kier alpha value is 0.860. The summed E-state index contributed by atoms with van der Waals surface area (Å²) in [4.78, 5) is 0. The van der Waals surface area contributed by atoms with Crippen LogP contribution in [-0.4, -0.2) is 12.3 Å². The first-order valence-corrected chi connectivity index (χ1v) is 9.66. The van der Waals surface area contributed by atoms with Crippen LogP contribution in [0.25, 0.3) is 0 Å². The van der Waals surface area contributed by atoms with Crippen LogP contribution in [0.3, 0.4) is 0 Å². The van der Waals surface area contributed by atoms with E-state index in [4.69, 9.17) is 0 Å². The predicted molar refractivity (Wildman–Crippen MR) is 63.6 cm³/mol. The summed E-state index contributed by atoms with van der Waals surface area (Å²) in [5, 5.41) is 0. The van der Waals surface area contributed by atoms with Crippen molar-refractivity contribution in [3.8, 4) is 0 Å². The van der Waals surface area contributed by atoms with Crippen LogP contribution >= 0.6 is 16.5 Å². The van der Waals surface area contributed by atoms with E-state index < -0.39 is 0 Å². The minimum atomic E-state index is 0.410. The van der Waals surface area contributed by atoms with Gasteiger partial charge in [-0.25, -0.2) is 0 Å². The molecule has 0 bridgehead atoms. The predicted octanol–water partition coefficient (Wildman–Crippen LogP) is 3.71. The van der Waals surface area contributed by atoms with Crippen molar-refractivity contribution in [2.24, 2.45) is 0 Å². The second kappa shape index (κ2) is 10.9. The molecule has 0 amide bonds. The molecule has 0 rings (SSSR count). The SMILES string of the molecule is CCCCCCCP[PH3]CC. The third kappa shape index (κ3) is 10.9. The fourth-order valence-corrected chi connectivity index (χ4v) is 4.82. The van der Waals surface area contributed by atoms with E-state index in [0.717, 1.165) is 0 Å². The summed E-state index contributed by atoms with van der Waals surface area (Å²) >= 11 is 0. The molecule has 0 aromatic rings. The Labute approximate surface area is 75.4 Å². The van der Waals surface area contributed by atoms with Crippen molar-refractivity contribution in [1.29, 1.82) is 0 Å². The van der Waals surface area contributed by atoms with Gasteiger partial charge in [-0.05, 0) is 0 Å². The maximum atomic E-state index is 2.34. The number of hydrogen-bond donors (Lipinski definition) is 0. The van der Waals surface area contributed by atoms with Gasteiger partial charge in [0.15, 0.2) is 0 Å². The summed E-state index contributed by atoms with van der Waals surface area (Å²) < 4.78 is 0. The van der Waals surface area contributed by atoms with Crippen molar-refractivity contribution in [3.63, 3.8) is 0 Å². The Morgan fingerprint density at radius 3 is 2.36 bits per heavy atom. The Balaban J connectivity index is 2.69. The van der Waals surface area contributed by atoms with Crippen LogP contribution < -0.4 is 0 Å². The van der Waals surface area contributed by atoms with E-state index in [0.29, 0.717) is 8.27 Å². The van der Waals surface area contributed by atoms with E-state index in [1.807, 2.05) is 0 Å². The average molecular weight is 194 g/mol. The molecule has 0 N–H and O–H groups in total. The van der Waals surface area contributed by atoms with Crippen molar-refractivity contribution >= 4 is 16.5 Å². The summed E-state index contributed by atoms with van der Waals surface area (Å²) in [7, 11) is 1.79. The van der Waals surface area contributed by atoms with Gasteiger partial charge in [-0.15, -0.1) is 0 Å². The van der Waals surface area contributed by atoms with E-state index in [1.54, 1.807) is 6.16 Å². The molecule has 70 valence electrons. The van der Waals surface area contributed by atoms with Gasteiger partial charge in [0.2, 0.25) is 0 Å². The van der Waals surface area contributed by atoms with Gasteiger partial charge in [-0.1, -0.05) is 0 Å². The summed E-state index contributed by atoms with van der Waals surface area (Å²) in [6.07, 6.45) is 10.4. The van der Waals surface area contributed by atoms with Gasteiger partial charge >= 0.3 is 74.8 Å². The summed E-state index contributed by atoms with van der Waals surface area (Å²) in [5.41, 5.74) is 0. The zero-order valence-corrected chi connectivity index (χ0v) is 10.6. The van der Waals surface area contributed by atoms with Crippen LogP contribution in [0.4, 0.5) is 0 Å². The topological polar surface area (TPSA) is 0 Å². The Bertz CT molecular complexity index is 56.6. The molecule has 0 nitrogen and oxygen atoms in total. The first kappa shape index (κ1) is 11.9. The fraction of sp³-hybridized carbons (Fsp3) is 1.00. The second-order valence-electron chi connectivity index (χ2n) is 3.16. The second-order valence-corrected chi connectivity index (χ2v) is 8.66. The standard InChI is InChI=1S/C9H24P2/c1-3-5-6-7-8-9-11-10-4-2/h11H,3-9H2,1-2,10H3. The molecule has 0 fully saturated rings. The summed E-state index contributed by atoms with van der Waals surface area (Å²) in [6, 6.07) is 0. The molecule has 0 spiro atoms. The van der Waals surface area contributed by atoms with Gasteiger partial charge in [-0.2, -0.15) is 0 Å². The molecular formula is C9H24P2. The molecule has 0 aromatic carbocycles. The first-order valence-electron chi connectivity index (χ1n) is 5.12. The quantitative estimate of drug-likeness (QED) is 0.408. The third-order valence-electron chi connectivity index (χ3n) is 1.88. The van der Waals surface area contributed by atoms with Crippen molar-refractivity contribution in [1.82, 2.24) is 0 Å². The van der Waals surface area contributed by atoms with E-state index >= 15 is 0 Å². The zero-order valence-electron chi connectivity index (χ0n) is 8.16. The molecule has 1 unspecified atom stereocenters. The van der Waals surface area contributed by atoms with Crippen LogP contribution in [0.5, 0.6) is 0 Å². The molecule has 0 aromatic heterocycles. The van der Waals surface area contributed by atoms with Crippen molar-refractivity contribution in [2.75, 3.05) is 12.3 Å². The molecule has 0 aliphatic heterocycles. The van der Waals surface area contributed by atoms with E-state index in [-0.39, 0.29) is 0 Å². The van der Waals surface area contributed by atoms with Crippen LogP contribution in [0.2, 0.25) is 0 Å². The summed E-state index contributed by atoms with van der Waals surface area (Å²) in [5.74, 6) is 0. The van der Waals surface area contributed by atoms with Crippen LogP contribution in [0, 0.1) is 0 Å². The molecule has 0 heterocycles. The Kier molecular flexibility index (Phi) is 11.7. The average Bonchev–Trinajstić information content (AvgIpc) is 2.03. The monoisotopic (exact) mass is 194 g/mol. The van der Waals surface area contributed by atoms with Gasteiger partial charge in [0.1, 0.15) is 0 Å². The van der Waals surface area contributed by atoms with Gasteiger partial charge in [0.05, 0.1) is 0 Å². The van der Waals surface area contributed by atoms with Gasteiger partial charge in [0, 0.05) is 0 Å². The molecule has 11 heavy (non-hydrogen) atoms. The first-order chi connectivity index (χ1) is 5.41. The van der Waals surface area contributed by atoms with Crippen LogP contribution in [0.15, 0.2) is 0 Å². The van der Waals surface area contributed by atoms with E-state index in [1.165, 1.54) is 46.5 Å². The van der Waals surface area contributed by atoms with E-state index in [2.05, 4.69) is 13.8 Å². The fourth-order valence-electron chi connectivity index (χ4n) is 1.16. The molecular weight excluding hydrogens is 170 g/mol. The zero-order chi connectivity index (χ0) is 8.36. The molecule has 1 atom stereocenters. The van der Waals surface area contributed by atoms with Crippen molar-refractivity contribution in [2.45, 2.75) is 46.0 Å². The molecule has 0 aliphatic carbocycles. The van der Waals surface area contributed by atoms with Gasteiger partial charge in [-0.3, -0.25) is 0 Å². The molecule has 0 saturated carbocycles. The number of rotatable bonds is 8. The number of hydrogen-bond acceptors (Lipinski definition) is 0. The molecule has 0 saturated heterocycles. The molecule has 0 aliphatic rings. The number of unbranched alkanes of at least 4 members (excludes halogenated alkanes) is 4. The van der Waals surface area contributed by atoms with Crippen molar-refractivity contribution in [3.05, 3.63) is 0 Å². The Morgan fingerprint density at radius 2 is 1.73 bits per heavy atom. The van der Waals surface area contributed by atoms with Crippen molar-refractivity contribution < 1.29 is 0 Å². The van der Waals surface area contributed by atoms with Crippen LogP contribution in [0.1, 0.15) is 46.0 Å². The minimum absolute atomic E-state index is 0.410. The third-order valence-corrected chi connectivity index (χ3v) is 7.07. The maximum absolute atomic E-state index is 2.34. The Morgan fingerprint density at radius 1 is 1.00 bits per heavy atom. The summed E-state index contributed by atoms with van der Waals surface area (Å²) in [6.45, 7) is 4.63. The molecule has 0 radical (unpaired) electrons. The van der Waals surface area contributed by atoms with Gasteiger partial charge < -0.3 is 0 Å². The van der Waals surface area contributed by atoms with Gasteiger partial charge in [0.25, 0.3) is 0 Å².